The molecule has 11 aromatic rings. The average Bonchev–Trinajstić information content (AvgIpc) is 3.27. The van der Waals surface area contributed by atoms with Crippen LogP contribution in [0, 0.1) is 0 Å². The zero-order valence-electron chi connectivity index (χ0n) is 30.8. The topological polar surface area (TPSA) is 0 Å². The highest BCUT2D eigenvalue weighted by molar-refractivity contribution is 6.21. The van der Waals surface area contributed by atoms with E-state index in [-0.39, 0.29) is 0 Å². The second kappa shape index (κ2) is 13.2. The predicted molar refractivity (Wildman–Crippen MR) is 241 cm³/mol. The molecule has 0 aliphatic heterocycles. The highest BCUT2D eigenvalue weighted by atomic mass is 14.2. The molecule has 0 aromatic heterocycles. The van der Waals surface area contributed by atoms with Crippen molar-refractivity contribution in [3.05, 3.63) is 218 Å². The van der Waals surface area contributed by atoms with E-state index in [0.717, 1.165) is 0 Å². The molecular formula is C56H36. The van der Waals surface area contributed by atoms with E-state index in [2.05, 4.69) is 218 Å². The Hall–Kier alpha value is -7.28. The van der Waals surface area contributed by atoms with Gasteiger partial charge in [-0.25, -0.2) is 0 Å². The molecule has 0 saturated heterocycles. The van der Waals surface area contributed by atoms with Crippen molar-refractivity contribution in [2.75, 3.05) is 0 Å². The number of rotatable bonds is 5. The van der Waals surface area contributed by atoms with Crippen LogP contribution >= 0.6 is 0 Å². The summed E-state index contributed by atoms with van der Waals surface area (Å²) in [5.41, 5.74) is 12.4. The van der Waals surface area contributed by atoms with E-state index in [0.29, 0.717) is 0 Å². The number of benzene rings is 11. The van der Waals surface area contributed by atoms with Gasteiger partial charge < -0.3 is 0 Å². The third-order valence-corrected chi connectivity index (χ3v) is 11.6. The highest BCUT2D eigenvalue weighted by Gasteiger charge is 2.17. The van der Waals surface area contributed by atoms with Crippen molar-refractivity contribution in [1.29, 1.82) is 0 Å². The minimum atomic E-state index is 1.20. The van der Waals surface area contributed by atoms with Crippen molar-refractivity contribution in [2.45, 2.75) is 0 Å². The molecule has 260 valence electrons. The van der Waals surface area contributed by atoms with Crippen molar-refractivity contribution >= 4 is 53.9 Å². The van der Waals surface area contributed by atoms with E-state index in [1.165, 1.54) is 109 Å². The maximum Gasteiger partial charge on any atom is -0.00262 e. The van der Waals surface area contributed by atoms with Crippen molar-refractivity contribution in [1.82, 2.24) is 0 Å². The first-order valence-corrected chi connectivity index (χ1v) is 19.4. The maximum atomic E-state index is 2.34. The zero-order chi connectivity index (χ0) is 37.0. The number of hydrogen-bond donors (Lipinski definition) is 0. The van der Waals surface area contributed by atoms with E-state index < -0.39 is 0 Å². The third kappa shape index (κ3) is 5.38. The molecule has 0 heterocycles. The van der Waals surface area contributed by atoms with Crippen molar-refractivity contribution in [2.24, 2.45) is 0 Å². The van der Waals surface area contributed by atoms with Crippen LogP contribution in [0.4, 0.5) is 0 Å². The molecule has 0 fully saturated rings. The van der Waals surface area contributed by atoms with Crippen LogP contribution < -0.4 is 0 Å². The molecule has 0 radical (unpaired) electrons. The van der Waals surface area contributed by atoms with Gasteiger partial charge in [-0.15, -0.1) is 0 Å². The third-order valence-electron chi connectivity index (χ3n) is 11.6. The molecule has 0 heteroatoms. The van der Waals surface area contributed by atoms with Gasteiger partial charge in [-0.3, -0.25) is 0 Å². The fourth-order valence-electron chi connectivity index (χ4n) is 8.95. The molecule has 0 atom stereocenters. The molecule has 0 aliphatic rings. The molecule has 0 saturated carbocycles. The number of hydrogen-bond acceptors (Lipinski definition) is 0. The van der Waals surface area contributed by atoms with E-state index >= 15 is 0 Å². The van der Waals surface area contributed by atoms with E-state index in [9.17, 15) is 0 Å². The molecule has 11 aromatic carbocycles. The Bertz CT molecular complexity index is 3240. The van der Waals surface area contributed by atoms with E-state index in [4.69, 9.17) is 0 Å². The van der Waals surface area contributed by atoms with Crippen LogP contribution in [0.25, 0.3) is 109 Å². The van der Waals surface area contributed by atoms with Gasteiger partial charge in [0.05, 0.1) is 0 Å². The minimum absolute atomic E-state index is 1.20. The Kier molecular flexibility index (Phi) is 7.60. The molecular weight excluding hydrogens is 673 g/mol. The summed E-state index contributed by atoms with van der Waals surface area (Å²) in [5.74, 6) is 0. The van der Waals surface area contributed by atoms with Crippen molar-refractivity contribution < 1.29 is 0 Å². The Balaban J connectivity index is 0.991. The van der Waals surface area contributed by atoms with Gasteiger partial charge in [-0.2, -0.15) is 0 Å². The summed E-state index contributed by atoms with van der Waals surface area (Å²) in [6.07, 6.45) is 0. The molecule has 0 nitrogen and oxygen atoms in total. The molecule has 11 rings (SSSR count). The molecule has 0 bridgehead atoms. The van der Waals surface area contributed by atoms with Crippen LogP contribution in [0.1, 0.15) is 0 Å². The molecule has 0 spiro atoms. The zero-order valence-corrected chi connectivity index (χ0v) is 30.8. The molecule has 0 unspecified atom stereocenters. The van der Waals surface area contributed by atoms with Crippen LogP contribution in [0.15, 0.2) is 218 Å². The summed E-state index contributed by atoms with van der Waals surface area (Å²) >= 11 is 0. The summed E-state index contributed by atoms with van der Waals surface area (Å²) in [6, 6.07) is 80.3. The van der Waals surface area contributed by atoms with Gasteiger partial charge in [-0.05, 0) is 128 Å². The van der Waals surface area contributed by atoms with Crippen LogP contribution in [-0.2, 0) is 0 Å². The fraction of sp³-hybridized carbons (Fsp3) is 0. The van der Waals surface area contributed by atoms with Gasteiger partial charge in [0.1, 0.15) is 0 Å². The summed E-state index contributed by atoms with van der Waals surface area (Å²) in [5, 5.41) is 12.6. The first-order valence-electron chi connectivity index (χ1n) is 19.4. The monoisotopic (exact) mass is 708 g/mol. The van der Waals surface area contributed by atoms with Gasteiger partial charge >= 0.3 is 0 Å². The number of fused-ring (bicyclic) bond motifs is 5. The molecule has 0 amide bonds. The normalized spacial score (nSPS) is 11.6. The fourth-order valence-corrected chi connectivity index (χ4v) is 8.95. The maximum absolute atomic E-state index is 2.34. The summed E-state index contributed by atoms with van der Waals surface area (Å²) in [4.78, 5) is 0. The Labute approximate surface area is 326 Å². The van der Waals surface area contributed by atoms with Gasteiger partial charge in [0.2, 0.25) is 0 Å². The van der Waals surface area contributed by atoms with Gasteiger partial charge in [0, 0.05) is 0 Å². The van der Waals surface area contributed by atoms with Crippen LogP contribution in [0.2, 0.25) is 0 Å². The van der Waals surface area contributed by atoms with Crippen LogP contribution in [-0.4, -0.2) is 0 Å². The molecule has 0 N–H and O–H groups in total. The standard InChI is InChI=1S/C56H36/c1-3-14-41-35-45(30-26-37(41)12-1)48-33-32-47(49-18-5-6-19-50(48)49)44-17-11-16-43(34-44)39-24-28-40(29-25-39)55-51-20-7-9-22-53(51)56(54-23-10-8-21-52(54)55)46-31-27-38-13-2-4-15-42(38)36-46/h1-36H. The molecule has 0 aliphatic carbocycles. The van der Waals surface area contributed by atoms with Gasteiger partial charge in [0.25, 0.3) is 0 Å². The average molecular weight is 709 g/mol. The second-order valence-corrected chi connectivity index (χ2v) is 14.8. The lowest BCUT2D eigenvalue weighted by atomic mass is 9.85. The van der Waals surface area contributed by atoms with Crippen LogP contribution in [0.3, 0.4) is 0 Å². The lowest BCUT2D eigenvalue weighted by Gasteiger charge is -2.18. The van der Waals surface area contributed by atoms with Crippen molar-refractivity contribution in [3.8, 4) is 55.6 Å². The Morgan fingerprint density at radius 1 is 0.179 bits per heavy atom. The Morgan fingerprint density at radius 2 is 0.554 bits per heavy atom. The molecule has 56 heavy (non-hydrogen) atoms. The van der Waals surface area contributed by atoms with E-state index in [1.807, 2.05) is 0 Å². The highest BCUT2D eigenvalue weighted by Crippen LogP contribution is 2.45. The smallest absolute Gasteiger partial charge is 0.00262 e. The lowest BCUT2D eigenvalue weighted by Crippen LogP contribution is -1.91. The largest absolute Gasteiger partial charge is 0.0616 e. The predicted octanol–water partition coefficient (Wildman–Crippen LogP) is 15.8. The van der Waals surface area contributed by atoms with Gasteiger partial charge in [-0.1, -0.05) is 200 Å². The van der Waals surface area contributed by atoms with Gasteiger partial charge in [0.15, 0.2) is 0 Å². The Morgan fingerprint density at radius 3 is 1.11 bits per heavy atom. The quantitative estimate of drug-likeness (QED) is 0.156. The second-order valence-electron chi connectivity index (χ2n) is 14.8. The SMILES string of the molecule is c1cc(-c2ccc(-c3c4ccccc4c(-c4ccc5ccccc5c4)c4ccccc34)cc2)cc(-c2ccc(-c3ccc4ccccc4c3)c3ccccc23)c1. The minimum Gasteiger partial charge on any atom is -0.0616 e. The summed E-state index contributed by atoms with van der Waals surface area (Å²) < 4.78 is 0. The van der Waals surface area contributed by atoms with E-state index in [1.54, 1.807) is 0 Å². The summed E-state index contributed by atoms with van der Waals surface area (Å²) in [6.45, 7) is 0. The van der Waals surface area contributed by atoms with Crippen molar-refractivity contribution in [3.63, 3.8) is 0 Å². The first kappa shape index (κ1) is 32.2. The van der Waals surface area contributed by atoms with Crippen LogP contribution in [0.5, 0.6) is 0 Å². The summed E-state index contributed by atoms with van der Waals surface area (Å²) in [7, 11) is 0. The lowest BCUT2D eigenvalue weighted by molar-refractivity contribution is 1.59. The first-order chi connectivity index (χ1) is 27.8.